The fourth-order valence-electron chi connectivity index (χ4n) is 1.18. The molecule has 6 heteroatoms. The number of hydrogen-bond donors (Lipinski definition) is 1. The zero-order chi connectivity index (χ0) is 15.0. The Labute approximate surface area is 132 Å². The van der Waals surface area contributed by atoms with Crippen molar-refractivity contribution in [3.8, 4) is 0 Å². The molecule has 0 aliphatic heterocycles. The minimum Gasteiger partial charge on any atom is -0.367 e. The van der Waals surface area contributed by atoms with Crippen molar-refractivity contribution in [2.75, 3.05) is 26.9 Å². The van der Waals surface area contributed by atoms with Gasteiger partial charge >= 0.3 is 0 Å². The lowest BCUT2D eigenvalue weighted by Crippen LogP contribution is -2.32. The molecule has 0 rings (SSSR count). The SMILES string of the molecule is C=C(N/C(C(=S)N(C)C)=C(\C)N(C)C=S)SCCC. The summed E-state index contributed by atoms with van der Waals surface area (Å²) in [7, 11) is 5.76. The third kappa shape index (κ3) is 6.40. The van der Waals surface area contributed by atoms with Gasteiger partial charge in [0.2, 0.25) is 0 Å². The molecule has 0 radical (unpaired) electrons. The van der Waals surface area contributed by atoms with Crippen LogP contribution in [0, 0.1) is 0 Å². The largest absolute Gasteiger partial charge is 0.367 e. The third-order valence-electron chi connectivity index (χ3n) is 2.41. The molecule has 0 spiro atoms. The number of thiocarbonyl (C=S) groups is 2. The molecule has 0 aliphatic carbocycles. The highest BCUT2D eigenvalue weighted by atomic mass is 32.2. The fraction of sp³-hybridized carbons (Fsp3) is 0.538. The van der Waals surface area contributed by atoms with Gasteiger partial charge in [0, 0.05) is 26.8 Å². The first-order valence-electron chi connectivity index (χ1n) is 6.04. The van der Waals surface area contributed by atoms with E-state index in [2.05, 4.69) is 18.8 Å². The van der Waals surface area contributed by atoms with E-state index in [9.17, 15) is 0 Å². The van der Waals surface area contributed by atoms with Crippen LogP contribution in [0.25, 0.3) is 0 Å². The summed E-state index contributed by atoms with van der Waals surface area (Å²) in [5.41, 5.74) is 3.45. The molecule has 0 aromatic rings. The lowest BCUT2D eigenvalue weighted by atomic mass is 10.3. The first-order chi connectivity index (χ1) is 8.84. The summed E-state index contributed by atoms with van der Waals surface area (Å²) >= 11 is 12.1. The first-order valence-corrected chi connectivity index (χ1v) is 7.91. The van der Waals surface area contributed by atoms with E-state index < -0.39 is 0 Å². The quantitative estimate of drug-likeness (QED) is 0.543. The second-order valence-electron chi connectivity index (χ2n) is 4.27. The Bertz CT molecular complexity index is 375. The van der Waals surface area contributed by atoms with Crippen LogP contribution in [0.3, 0.4) is 0 Å². The van der Waals surface area contributed by atoms with Gasteiger partial charge in [0.1, 0.15) is 4.99 Å². The number of rotatable bonds is 8. The molecule has 0 aliphatic rings. The molecule has 0 amide bonds. The second-order valence-corrected chi connectivity index (χ2v) is 6.06. The molecule has 0 fully saturated rings. The normalized spacial score (nSPS) is 11.4. The van der Waals surface area contributed by atoms with Crippen molar-refractivity contribution in [3.05, 3.63) is 23.0 Å². The lowest BCUT2D eigenvalue weighted by molar-refractivity contribution is 0.610. The van der Waals surface area contributed by atoms with Crippen molar-refractivity contribution in [1.82, 2.24) is 15.1 Å². The molecule has 3 nitrogen and oxygen atoms in total. The maximum Gasteiger partial charge on any atom is 0.127 e. The first kappa shape index (κ1) is 18.4. The zero-order valence-electron chi connectivity index (χ0n) is 12.3. The van der Waals surface area contributed by atoms with Gasteiger partial charge in [-0.3, -0.25) is 0 Å². The summed E-state index contributed by atoms with van der Waals surface area (Å²) < 4.78 is 0. The predicted molar refractivity (Wildman–Crippen MR) is 95.4 cm³/mol. The van der Waals surface area contributed by atoms with Gasteiger partial charge in [0.15, 0.2) is 0 Å². The van der Waals surface area contributed by atoms with Gasteiger partial charge < -0.3 is 15.1 Å². The molecular formula is C13H23N3S3. The second kappa shape index (κ2) is 9.34. The van der Waals surface area contributed by atoms with E-state index in [1.807, 2.05) is 37.9 Å². The Morgan fingerprint density at radius 3 is 2.37 bits per heavy atom. The summed E-state index contributed by atoms with van der Waals surface area (Å²) in [5.74, 6) is 1.04. The Morgan fingerprint density at radius 1 is 1.37 bits per heavy atom. The maximum absolute atomic E-state index is 5.45. The Balaban J connectivity index is 5.14. The van der Waals surface area contributed by atoms with Crippen LogP contribution in [0.1, 0.15) is 20.3 Å². The summed E-state index contributed by atoms with van der Waals surface area (Å²) in [6.45, 7) is 8.16. The molecule has 0 saturated heterocycles. The van der Waals surface area contributed by atoms with Crippen molar-refractivity contribution in [3.63, 3.8) is 0 Å². The molecule has 0 aromatic carbocycles. The average Bonchev–Trinajstić information content (AvgIpc) is 2.39. The highest BCUT2D eigenvalue weighted by Gasteiger charge is 2.14. The molecule has 0 saturated carbocycles. The Kier molecular flexibility index (Phi) is 9.05. The van der Waals surface area contributed by atoms with Gasteiger partial charge in [-0.05, 0) is 19.1 Å². The fourth-order valence-corrected chi connectivity index (χ4v) is 2.16. The number of nitrogens with zero attached hydrogens (tertiary/aromatic N) is 2. The van der Waals surface area contributed by atoms with E-state index in [0.717, 1.165) is 33.6 Å². The van der Waals surface area contributed by atoms with E-state index in [1.165, 1.54) is 0 Å². The maximum atomic E-state index is 5.45. The summed E-state index contributed by atoms with van der Waals surface area (Å²) in [4.78, 5) is 4.50. The Hall–Kier alpha value is -0.590. The molecule has 0 aromatic heterocycles. The predicted octanol–water partition coefficient (Wildman–Crippen LogP) is 3.20. The van der Waals surface area contributed by atoms with Crippen molar-refractivity contribution in [2.45, 2.75) is 20.3 Å². The standard InChI is InChI=1S/C13H23N3S3/c1-7-8-19-11(3)14-12(13(18)15(4)5)10(2)16(6)9-17/h9,14H,3,7-8H2,1-2,4-6H3/b12-10+. The minimum atomic E-state index is 0.736. The Morgan fingerprint density at radius 2 is 1.95 bits per heavy atom. The molecule has 19 heavy (non-hydrogen) atoms. The smallest absolute Gasteiger partial charge is 0.127 e. The molecule has 0 bridgehead atoms. The number of likely N-dealkylation sites (N-methyl/N-ethyl adjacent to an activating group) is 1. The van der Waals surface area contributed by atoms with Crippen LogP contribution in [0.5, 0.6) is 0 Å². The number of nitrogens with one attached hydrogen (secondary N) is 1. The van der Waals surface area contributed by atoms with Gasteiger partial charge in [-0.2, -0.15) is 0 Å². The molecular weight excluding hydrogens is 294 g/mol. The van der Waals surface area contributed by atoms with Crippen LogP contribution in [-0.2, 0) is 0 Å². The molecule has 0 heterocycles. The van der Waals surface area contributed by atoms with E-state index in [-0.39, 0.29) is 0 Å². The van der Waals surface area contributed by atoms with Crippen molar-refractivity contribution in [2.24, 2.45) is 0 Å². The number of thioether (sulfide) groups is 1. The van der Waals surface area contributed by atoms with E-state index >= 15 is 0 Å². The van der Waals surface area contributed by atoms with Crippen LogP contribution in [0.15, 0.2) is 23.0 Å². The highest BCUT2D eigenvalue weighted by Crippen LogP contribution is 2.16. The molecule has 1 N–H and O–H groups in total. The van der Waals surface area contributed by atoms with Crippen LogP contribution in [-0.4, -0.2) is 47.2 Å². The van der Waals surface area contributed by atoms with Crippen LogP contribution in [0.4, 0.5) is 0 Å². The van der Waals surface area contributed by atoms with E-state index in [1.54, 1.807) is 17.3 Å². The monoisotopic (exact) mass is 317 g/mol. The number of hydrogen-bond acceptors (Lipinski definition) is 4. The zero-order valence-corrected chi connectivity index (χ0v) is 14.8. The third-order valence-corrected chi connectivity index (χ3v) is 4.36. The van der Waals surface area contributed by atoms with Crippen LogP contribution >= 0.6 is 36.2 Å². The van der Waals surface area contributed by atoms with E-state index in [4.69, 9.17) is 24.4 Å². The van der Waals surface area contributed by atoms with Crippen LogP contribution in [0.2, 0.25) is 0 Å². The van der Waals surface area contributed by atoms with Crippen molar-refractivity contribution < 1.29 is 0 Å². The lowest BCUT2D eigenvalue weighted by Gasteiger charge is -2.24. The van der Waals surface area contributed by atoms with Gasteiger partial charge in [-0.1, -0.05) is 37.9 Å². The van der Waals surface area contributed by atoms with Crippen molar-refractivity contribution in [1.29, 1.82) is 0 Å². The van der Waals surface area contributed by atoms with Gasteiger partial charge in [0.05, 0.1) is 16.2 Å². The van der Waals surface area contributed by atoms with E-state index in [0.29, 0.717) is 0 Å². The molecule has 0 atom stereocenters. The molecule has 0 unspecified atom stereocenters. The van der Waals surface area contributed by atoms with Gasteiger partial charge in [0.25, 0.3) is 0 Å². The average molecular weight is 318 g/mol. The van der Waals surface area contributed by atoms with Crippen molar-refractivity contribution >= 4 is 46.7 Å². The van der Waals surface area contributed by atoms with Crippen LogP contribution < -0.4 is 5.32 Å². The topological polar surface area (TPSA) is 18.5 Å². The molecule has 108 valence electrons. The van der Waals surface area contributed by atoms with Gasteiger partial charge in [-0.15, -0.1) is 11.8 Å². The highest BCUT2D eigenvalue weighted by molar-refractivity contribution is 8.03. The summed E-state index contributed by atoms with van der Waals surface area (Å²) in [5, 5.41) is 4.21. The summed E-state index contributed by atoms with van der Waals surface area (Å²) in [6.07, 6.45) is 1.11. The summed E-state index contributed by atoms with van der Waals surface area (Å²) in [6, 6.07) is 0. The number of allylic oxidation sites excluding steroid dienone is 1. The minimum absolute atomic E-state index is 0.736. The van der Waals surface area contributed by atoms with Gasteiger partial charge in [-0.25, -0.2) is 0 Å².